The SMILES string of the molecule is COc1ccc(C2(c3ccc(OC)cc3)NC(=O)N(CN3CCC[C@@H](C(F)(F)F)C3)C2=O)cc1. The van der Waals surface area contributed by atoms with Gasteiger partial charge in [0.1, 0.15) is 11.5 Å². The number of halogens is 3. The number of urea groups is 1. The number of alkyl halides is 3. The van der Waals surface area contributed by atoms with Gasteiger partial charge in [-0.25, -0.2) is 9.69 Å². The molecule has 2 aromatic carbocycles. The molecule has 0 radical (unpaired) electrons. The summed E-state index contributed by atoms with van der Waals surface area (Å²) in [4.78, 5) is 29.4. The Hall–Kier alpha value is -3.27. The molecule has 4 rings (SSSR count). The van der Waals surface area contributed by atoms with Crippen LogP contribution in [0.2, 0.25) is 0 Å². The maximum atomic E-state index is 13.8. The number of nitrogens with zero attached hydrogens (tertiary/aromatic N) is 2. The minimum atomic E-state index is -4.31. The minimum Gasteiger partial charge on any atom is -0.497 e. The Labute approximate surface area is 195 Å². The first-order valence-corrected chi connectivity index (χ1v) is 10.9. The van der Waals surface area contributed by atoms with Crippen LogP contribution in [-0.2, 0) is 10.3 Å². The number of likely N-dealkylation sites (tertiary alicyclic amines) is 1. The molecular weight excluding hydrogens is 451 g/mol. The minimum absolute atomic E-state index is 0.0434. The molecule has 2 aliphatic rings. The van der Waals surface area contributed by atoms with Crippen LogP contribution < -0.4 is 14.8 Å². The van der Waals surface area contributed by atoms with Crippen LogP contribution >= 0.6 is 0 Å². The number of imide groups is 1. The van der Waals surface area contributed by atoms with Gasteiger partial charge in [0.25, 0.3) is 5.91 Å². The van der Waals surface area contributed by atoms with E-state index in [1.807, 2.05) is 0 Å². The van der Waals surface area contributed by atoms with E-state index in [2.05, 4.69) is 5.32 Å². The van der Waals surface area contributed by atoms with Crippen LogP contribution in [0.4, 0.5) is 18.0 Å². The molecule has 0 aliphatic carbocycles. The summed E-state index contributed by atoms with van der Waals surface area (Å²) in [7, 11) is 3.04. The second kappa shape index (κ2) is 9.17. The summed E-state index contributed by atoms with van der Waals surface area (Å²) < 4.78 is 50.2. The quantitative estimate of drug-likeness (QED) is 0.642. The van der Waals surface area contributed by atoms with Crippen LogP contribution in [-0.4, -0.2) is 61.9 Å². The average molecular weight is 477 g/mol. The smallest absolute Gasteiger partial charge is 0.393 e. The topological polar surface area (TPSA) is 71.1 Å². The highest BCUT2D eigenvalue weighted by atomic mass is 19.4. The first-order valence-electron chi connectivity index (χ1n) is 10.9. The van der Waals surface area contributed by atoms with Crippen molar-refractivity contribution in [2.24, 2.45) is 5.92 Å². The number of carbonyl (C=O) groups is 2. The lowest BCUT2D eigenvalue weighted by Crippen LogP contribution is -2.49. The van der Waals surface area contributed by atoms with Gasteiger partial charge in [-0.15, -0.1) is 0 Å². The third-order valence-electron chi connectivity index (χ3n) is 6.46. The second-order valence-corrected chi connectivity index (χ2v) is 8.47. The van der Waals surface area contributed by atoms with Gasteiger partial charge >= 0.3 is 12.2 Å². The maximum absolute atomic E-state index is 13.8. The van der Waals surface area contributed by atoms with Crippen LogP contribution in [0.3, 0.4) is 0 Å². The normalized spacial score (nSPS) is 20.9. The molecule has 0 saturated carbocycles. The number of ether oxygens (including phenoxy) is 2. The fraction of sp³-hybridized carbons (Fsp3) is 0.417. The number of rotatable bonds is 6. The second-order valence-electron chi connectivity index (χ2n) is 8.47. The lowest BCUT2D eigenvalue weighted by Gasteiger charge is -2.35. The van der Waals surface area contributed by atoms with E-state index in [1.54, 1.807) is 48.5 Å². The molecule has 2 aromatic rings. The molecule has 0 bridgehead atoms. The molecule has 0 spiro atoms. The number of hydrogen-bond acceptors (Lipinski definition) is 5. The molecule has 2 heterocycles. The van der Waals surface area contributed by atoms with Crippen molar-refractivity contribution in [2.75, 3.05) is 34.0 Å². The van der Waals surface area contributed by atoms with Crippen molar-refractivity contribution in [2.45, 2.75) is 24.6 Å². The van der Waals surface area contributed by atoms with Gasteiger partial charge in [-0.3, -0.25) is 9.69 Å². The van der Waals surface area contributed by atoms with Crippen LogP contribution in [0.5, 0.6) is 11.5 Å². The Kier molecular flexibility index (Phi) is 6.44. The van der Waals surface area contributed by atoms with E-state index < -0.39 is 29.6 Å². The Balaban J connectivity index is 1.68. The Bertz CT molecular complexity index is 993. The van der Waals surface area contributed by atoms with Crippen molar-refractivity contribution in [1.29, 1.82) is 0 Å². The van der Waals surface area contributed by atoms with Gasteiger partial charge in [0.05, 0.1) is 26.8 Å². The number of nitrogens with one attached hydrogen (secondary N) is 1. The van der Waals surface area contributed by atoms with Crippen LogP contribution in [0, 0.1) is 5.92 Å². The molecule has 3 amide bonds. The molecule has 2 saturated heterocycles. The van der Waals surface area contributed by atoms with Crippen molar-refractivity contribution in [3.8, 4) is 11.5 Å². The van der Waals surface area contributed by atoms with E-state index in [1.165, 1.54) is 19.1 Å². The zero-order chi connectivity index (χ0) is 24.5. The highest BCUT2D eigenvalue weighted by Crippen LogP contribution is 2.38. The van der Waals surface area contributed by atoms with Gasteiger partial charge in [0.15, 0.2) is 5.54 Å². The van der Waals surface area contributed by atoms with Crippen LogP contribution in [0.1, 0.15) is 24.0 Å². The molecule has 2 aliphatic heterocycles. The summed E-state index contributed by atoms with van der Waals surface area (Å²) >= 11 is 0. The van der Waals surface area contributed by atoms with E-state index >= 15 is 0 Å². The number of hydrogen-bond donors (Lipinski definition) is 1. The van der Waals surface area contributed by atoms with E-state index in [0.29, 0.717) is 35.6 Å². The zero-order valence-electron chi connectivity index (χ0n) is 18.9. The van der Waals surface area contributed by atoms with E-state index in [9.17, 15) is 22.8 Å². The molecule has 2 fully saturated rings. The van der Waals surface area contributed by atoms with Gasteiger partial charge in [0, 0.05) is 6.54 Å². The van der Waals surface area contributed by atoms with Gasteiger partial charge in [-0.05, 0) is 54.8 Å². The summed E-state index contributed by atoms with van der Waals surface area (Å²) in [6.45, 7) is -0.0916. The highest BCUT2D eigenvalue weighted by Gasteiger charge is 2.54. The number of amides is 3. The monoisotopic (exact) mass is 477 g/mol. The van der Waals surface area contributed by atoms with Crippen LogP contribution in [0.25, 0.3) is 0 Å². The Morgan fingerprint density at radius 3 is 1.97 bits per heavy atom. The van der Waals surface area contributed by atoms with Crippen LogP contribution in [0.15, 0.2) is 48.5 Å². The molecule has 1 N–H and O–H groups in total. The van der Waals surface area contributed by atoms with Crippen molar-refractivity contribution < 1.29 is 32.2 Å². The number of benzene rings is 2. The zero-order valence-corrected chi connectivity index (χ0v) is 18.9. The standard InChI is InChI=1S/C24H26F3N3O4/c1-33-19-9-5-16(6-10-19)23(17-7-11-20(34-2)12-8-17)21(31)30(22(32)28-23)15-29-13-3-4-18(14-29)24(25,26)27/h5-12,18H,3-4,13-15H2,1-2H3,(H,28,32)/t18-/m1/s1. The van der Waals surface area contributed by atoms with Crippen molar-refractivity contribution in [3.05, 3.63) is 59.7 Å². The predicted octanol–water partition coefficient (Wildman–Crippen LogP) is 3.73. The molecular formula is C24H26F3N3O4. The van der Waals surface area contributed by atoms with E-state index in [0.717, 1.165) is 4.90 Å². The fourth-order valence-electron chi connectivity index (χ4n) is 4.60. The molecule has 34 heavy (non-hydrogen) atoms. The average Bonchev–Trinajstić information content (AvgIpc) is 3.09. The van der Waals surface area contributed by atoms with E-state index in [-0.39, 0.29) is 19.6 Å². The summed E-state index contributed by atoms with van der Waals surface area (Å²) in [6, 6.07) is 12.8. The molecule has 1 atom stereocenters. The van der Waals surface area contributed by atoms with Gasteiger partial charge < -0.3 is 14.8 Å². The molecule has 0 aromatic heterocycles. The first kappa shape index (κ1) is 23.9. The van der Waals surface area contributed by atoms with Crippen molar-refractivity contribution >= 4 is 11.9 Å². The lowest BCUT2D eigenvalue weighted by molar-refractivity contribution is -0.187. The summed E-state index contributed by atoms with van der Waals surface area (Å²) in [5.74, 6) is -0.876. The summed E-state index contributed by atoms with van der Waals surface area (Å²) in [6.07, 6.45) is -3.93. The Morgan fingerprint density at radius 1 is 0.971 bits per heavy atom. The van der Waals surface area contributed by atoms with E-state index in [4.69, 9.17) is 9.47 Å². The Morgan fingerprint density at radius 2 is 1.50 bits per heavy atom. The lowest BCUT2D eigenvalue weighted by atomic mass is 9.82. The summed E-state index contributed by atoms with van der Waals surface area (Å²) in [5.41, 5.74) is -0.522. The fourth-order valence-corrected chi connectivity index (χ4v) is 4.60. The number of piperidine rings is 1. The maximum Gasteiger partial charge on any atom is 0.393 e. The third-order valence-corrected chi connectivity index (χ3v) is 6.46. The molecule has 7 nitrogen and oxygen atoms in total. The number of methoxy groups -OCH3 is 2. The largest absolute Gasteiger partial charge is 0.497 e. The van der Waals surface area contributed by atoms with Crippen molar-refractivity contribution in [3.63, 3.8) is 0 Å². The predicted molar refractivity (Wildman–Crippen MR) is 117 cm³/mol. The van der Waals surface area contributed by atoms with Gasteiger partial charge in [0.2, 0.25) is 0 Å². The van der Waals surface area contributed by atoms with Crippen molar-refractivity contribution in [1.82, 2.24) is 15.1 Å². The first-order chi connectivity index (χ1) is 16.2. The number of carbonyl (C=O) groups excluding carboxylic acids is 2. The van der Waals surface area contributed by atoms with Gasteiger partial charge in [-0.2, -0.15) is 13.2 Å². The summed E-state index contributed by atoms with van der Waals surface area (Å²) in [5, 5.41) is 2.81. The third kappa shape index (κ3) is 4.29. The molecule has 10 heteroatoms. The highest BCUT2D eigenvalue weighted by molar-refractivity contribution is 6.09. The van der Waals surface area contributed by atoms with Gasteiger partial charge in [-0.1, -0.05) is 24.3 Å². The molecule has 182 valence electrons. The molecule has 0 unspecified atom stereocenters.